The molecule has 336 valence electrons. The lowest BCUT2D eigenvalue weighted by Crippen LogP contribution is -2.37. The number of anilines is 2. The van der Waals surface area contributed by atoms with Gasteiger partial charge in [-0.3, -0.25) is 24.3 Å². The number of methoxy groups -OCH3 is 1. The summed E-state index contributed by atoms with van der Waals surface area (Å²) in [5.41, 5.74) is 8.61. The van der Waals surface area contributed by atoms with Gasteiger partial charge in [0, 0.05) is 79.0 Å². The van der Waals surface area contributed by atoms with Crippen LogP contribution in [0.2, 0.25) is 0 Å². The third kappa shape index (κ3) is 12.3. The van der Waals surface area contributed by atoms with Crippen LogP contribution >= 0.6 is 0 Å². The number of ether oxygens (including phenoxy) is 2. The molecule has 0 aliphatic carbocycles. The quantitative estimate of drug-likeness (QED) is 0.0266. The molecule has 4 amide bonds. The highest BCUT2D eigenvalue weighted by Crippen LogP contribution is 2.35. The highest BCUT2D eigenvalue weighted by Gasteiger charge is 2.26. The minimum absolute atomic E-state index is 0.00254. The number of urea groups is 1. The summed E-state index contributed by atoms with van der Waals surface area (Å²) in [4.78, 5) is 72.7. The number of likely N-dealkylation sites (N-methyl/N-ethyl adjacent to an activating group) is 1. The Labute approximate surface area is 374 Å². The number of Topliss-reactive ketones (excluding diaryl/α,β-unsaturated/α-hetero) is 1. The van der Waals surface area contributed by atoms with Crippen LogP contribution in [0.5, 0.6) is 5.75 Å². The predicted octanol–water partition coefficient (Wildman–Crippen LogP) is 7.54. The van der Waals surface area contributed by atoms with Crippen LogP contribution in [0.15, 0.2) is 79.1 Å². The molecule has 0 bridgehead atoms. The lowest BCUT2D eigenvalue weighted by molar-refractivity contribution is -0.144. The second-order valence-corrected chi connectivity index (χ2v) is 15.7. The van der Waals surface area contributed by atoms with Gasteiger partial charge in [-0.15, -0.1) is 0 Å². The first-order chi connectivity index (χ1) is 31.0. The number of amides is 4. The van der Waals surface area contributed by atoms with Crippen molar-refractivity contribution in [3.05, 3.63) is 118 Å². The lowest BCUT2D eigenvalue weighted by Gasteiger charge is -2.23. The van der Waals surface area contributed by atoms with E-state index in [1.807, 2.05) is 74.5 Å². The van der Waals surface area contributed by atoms with Crippen LogP contribution in [0.25, 0.3) is 22.8 Å². The van der Waals surface area contributed by atoms with E-state index in [0.717, 1.165) is 47.5 Å². The van der Waals surface area contributed by atoms with Crippen molar-refractivity contribution in [3.8, 4) is 16.9 Å². The minimum atomic E-state index is -0.408. The number of carbonyl (C=O) groups excluding carboxylic acids is 5. The molecule has 15 nitrogen and oxygen atoms in total. The number of nitrogens with one attached hydrogen (secondary N) is 5. The molecule has 0 atom stereocenters. The summed E-state index contributed by atoms with van der Waals surface area (Å²) >= 11 is 0. The summed E-state index contributed by atoms with van der Waals surface area (Å²) in [5, 5.41) is 15.6. The molecule has 5 N–H and O–H groups in total. The highest BCUT2D eigenvalue weighted by molar-refractivity contribution is 6.35. The maximum absolute atomic E-state index is 13.5. The van der Waals surface area contributed by atoms with Gasteiger partial charge in [-0.25, -0.2) is 4.79 Å². The topological polar surface area (TPSA) is 191 Å². The fourth-order valence-electron chi connectivity index (χ4n) is 7.70. The SMILES string of the molecule is CCN(CC)CCNC(=O)c1c(C)[nH]c(/C=C2\C(=O)Nc3ccc(CC(=O)CCCCC(=O)OCCN(Cc4cccc(OC)c4)C(=O)Nc4ccc(-c5cn[nH]c5)cc4)cc32)c1C. The summed E-state index contributed by atoms with van der Waals surface area (Å²) in [7, 11) is 1.58. The van der Waals surface area contributed by atoms with Gasteiger partial charge in [0.05, 0.1) is 31.0 Å². The predicted molar refractivity (Wildman–Crippen MR) is 248 cm³/mol. The first kappa shape index (κ1) is 46.5. The molecular formula is C49H58N8O7. The van der Waals surface area contributed by atoms with Crippen molar-refractivity contribution in [2.75, 3.05) is 57.1 Å². The van der Waals surface area contributed by atoms with Gasteiger partial charge in [-0.1, -0.05) is 44.2 Å². The van der Waals surface area contributed by atoms with Gasteiger partial charge in [0.1, 0.15) is 18.1 Å². The molecule has 0 fully saturated rings. The van der Waals surface area contributed by atoms with Crippen molar-refractivity contribution in [2.45, 2.75) is 66.3 Å². The van der Waals surface area contributed by atoms with E-state index < -0.39 is 5.97 Å². The summed E-state index contributed by atoms with van der Waals surface area (Å²) in [6.07, 6.45) is 6.84. The van der Waals surface area contributed by atoms with Gasteiger partial charge in [0.25, 0.3) is 11.8 Å². The average molecular weight is 871 g/mol. The molecule has 1 aliphatic rings. The summed E-state index contributed by atoms with van der Waals surface area (Å²) in [6, 6.07) is 20.0. The number of aryl methyl sites for hydroxylation is 1. The number of fused-ring (bicyclic) bond motifs is 1. The summed E-state index contributed by atoms with van der Waals surface area (Å²) in [6.45, 7) is 11.4. The Bertz CT molecular complexity index is 2450. The number of H-pyrrole nitrogens is 2. The molecule has 0 saturated carbocycles. The fourth-order valence-corrected chi connectivity index (χ4v) is 7.70. The molecule has 0 unspecified atom stereocenters. The van der Waals surface area contributed by atoms with Crippen molar-refractivity contribution in [3.63, 3.8) is 0 Å². The number of aromatic amines is 2. The number of rotatable bonds is 22. The van der Waals surface area contributed by atoms with Crippen molar-refractivity contribution in [1.29, 1.82) is 0 Å². The zero-order valence-electron chi connectivity index (χ0n) is 37.3. The van der Waals surface area contributed by atoms with Crippen LogP contribution in [-0.4, -0.2) is 101 Å². The zero-order valence-corrected chi connectivity index (χ0v) is 37.3. The largest absolute Gasteiger partial charge is 0.497 e. The molecular weight excluding hydrogens is 813 g/mol. The van der Waals surface area contributed by atoms with Gasteiger partial charge in [0.15, 0.2) is 0 Å². The van der Waals surface area contributed by atoms with Crippen molar-refractivity contribution >= 4 is 52.6 Å². The smallest absolute Gasteiger partial charge is 0.322 e. The maximum atomic E-state index is 13.5. The number of aromatic nitrogens is 3. The number of nitrogens with zero attached hydrogens (tertiary/aromatic N) is 3. The number of hydrogen-bond donors (Lipinski definition) is 5. The van der Waals surface area contributed by atoms with Gasteiger partial charge < -0.3 is 40.2 Å². The second kappa shape index (κ2) is 22.4. The maximum Gasteiger partial charge on any atom is 0.322 e. The molecule has 0 spiro atoms. The Hall–Kier alpha value is -7.00. The first-order valence-corrected chi connectivity index (χ1v) is 21.8. The molecule has 3 aromatic carbocycles. The van der Waals surface area contributed by atoms with Crippen molar-refractivity contribution in [2.24, 2.45) is 0 Å². The molecule has 1 aliphatic heterocycles. The van der Waals surface area contributed by atoms with E-state index in [1.165, 1.54) is 0 Å². The molecule has 64 heavy (non-hydrogen) atoms. The van der Waals surface area contributed by atoms with Crippen LogP contribution in [0, 0.1) is 13.8 Å². The van der Waals surface area contributed by atoms with Crippen LogP contribution in [-0.2, 0) is 32.1 Å². The first-order valence-electron chi connectivity index (χ1n) is 21.8. The van der Waals surface area contributed by atoms with Crippen molar-refractivity contribution < 1.29 is 33.4 Å². The number of hydrogen-bond acceptors (Lipinski definition) is 9. The number of benzene rings is 3. The van der Waals surface area contributed by atoms with Gasteiger partial charge >= 0.3 is 12.0 Å². The van der Waals surface area contributed by atoms with Crippen LogP contribution in [0.4, 0.5) is 16.2 Å². The molecule has 2 aromatic heterocycles. The molecule has 3 heterocycles. The van der Waals surface area contributed by atoms with E-state index in [9.17, 15) is 24.0 Å². The third-order valence-electron chi connectivity index (χ3n) is 11.3. The van der Waals surface area contributed by atoms with Gasteiger partial charge in [0.2, 0.25) is 0 Å². The van der Waals surface area contributed by atoms with E-state index >= 15 is 0 Å². The van der Waals surface area contributed by atoms with E-state index in [2.05, 4.69) is 49.9 Å². The molecule has 6 rings (SSSR count). The van der Waals surface area contributed by atoms with Crippen LogP contribution in [0.3, 0.4) is 0 Å². The lowest BCUT2D eigenvalue weighted by atomic mass is 9.98. The Morgan fingerprint density at radius 1 is 0.891 bits per heavy atom. The highest BCUT2D eigenvalue weighted by atomic mass is 16.5. The van der Waals surface area contributed by atoms with E-state index in [1.54, 1.807) is 36.5 Å². The van der Waals surface area contributed by atoms with Crippen molar-refractivity contribution in [1.82, 2.24) is 30.3 Å². The van der Waals surface area contributed by atoms with Gasteiger partial charge in [-0.05, 0) is 105 Å². The fraction of sp³-hybridized carbons (Fsp3) is 0.347. The van der Waals surface area contributed by atoms with Gasteiger partial charge in [-0.2, -0.15) is 5.10 Å². The monoisotopic (exact) mass is 870 g/mol. The Morgan fingerprint density at radius 2 is 1.67 bits per heavy atom. The number of esters is 1. The summed E-state index contributed by atoms with van der Waals surface area (Å²) < 4.78 is 10.9. The Morgan fingerprint density at radius 3 is 2.41 bits per heavy atom. The normalized spacial score (nSPS) is 12.5. The van der Waals surface area contributed by atoms with Crippen LogP contribution < -0.4 is 20.7 Å². The number of unbranched alkanes of at least 4 members (excludes halogenated alkanes) is 1. The van der Waals surface area contributed by atoms with E-state index in [0.29, 0.717) is 64.6 Å². The van der Waals surface area contributed by atoms with Crippen LogP contribution in [0.1, 0.15) is 83.5 Å². The third-order valence-corrected chi connectivity index (χ3v) is 11.3. The molecule has 5 aromatic rings. The Balaban J connectivity index is 0.971. The molecule has 0 radical (unpaired) electrons. The Kier molecular flexibility index (Phi) is 16.3. The zero-order chi connectivity index (χ0) is 45.6. The number of carbonyl (C=O) groups is 5. The summed E-state index contributed by atoms with van der Waals surface area (Å²) in [5.74, 6) is -0.151. The average Bonchev–Trinajstić information content (AvgIpc) is 4.01. The van der Waals surface area contributed by atoms with E-state index in [4.69, 9.17) is 9.47 Å². The number of ketones is 1. The standard InChI is InChI=1S/C49H58N8O7/c1-6-56(7-2)22-21-50-48(61)46-32(3)44(53-33(46)4)28-42-41-27-34(15-20-43(41)55-47(42)60)25-39(58)12-8-9-14-45(59)64-24-23-57(31-35-11-10-13-40(26-35)63-5)49(62)54-38-18-16-36(17-19-38)37-29-51-52-30-37/h10-11,13,15-20,26-30,53H,6-9,12,14,21-25,31H2,1-5H3,(H,50,61)(H,51,52)(H,54,62)(H,55,60)/b42-28-. The molecule has 0 saturated heterocycles. The van der Waals surface area contributed by atoms with E-state index in [-0.39, 0.29) is 62.6 Å². The molecule has 15 heteroatoms. The minimum Gasteiger partial charge on any atom is -0.497 e. The second-order valence-electron chi connectivity index (χ2n) is 15.7.